The lowest BCUT2D eigenvalue weighted by molar-refractivity contribution is 0.413. The molecule has 4 nitrogen and oxygen atoms in total. The Morgan fingerprint density at radius 1 is 1.35 bits per heavy atom. The van der Waals surface area contributed by atoms with E-state index in [-0.39, 0.29) is 5.41 Å². The summed E-state index contributed by atoms with van der Waals surface area (Å²) >= 11 is 0. The zero-order chi connectivity index (χ0) is 17.3. The molecule has 1 N–H and O–H groups in total. The summed E-state index contributed by atoms with van der Waals surface area (Å²) in [5.41, 5.74) is 1.28. The number of hydrogen-bond acceptors (Lipinski definition) is 2. The summed E-state index contributed by atoms with van der Waals surface area (Å²) in [7, 11) is 5.58. The van der Waals surface area contributed by atoms with Gasteiger partial charge in [-0.05, 0) is 30.5 Å². The molecule has 0 radical (unpaired) electrons. The molecule has 0 spiro atoms. The minimum absolute atomic E-state index is 0.00413. The van der Waals surface area contributed by atoms with Crippen molar-refractivity contribution >= 4 is 5.96 Å². The Labute approximate surface area is 141 Å². The van der Waals surface area contributed by atoms with Gasteiger partial charge >= 0.3 is 0 Å². The van der Waals surface area contributed by atoms with Crippen LogP contribution in [0.4, 0.5) is 0 Å². The van der Waals surface area contributed by atoms with E-state index in [9.17, 15) is 0 Å². The third kappa shape index (κ3) is 5.97. The number of aliphatic imine (C=N–C) groups is 1. The fourth-order valence-electron chi connectivity index (χ4n) is 2.41. The maximum absolute atomic E-state index is 5.23. The molecule has 1 aromatic carbocycles. The molecule has 4 heteroatoms. The van der Waals surface area contributed by atoms with Crippen molar-refractivity contribution in [2.45, 2.75) is 32.1 Å². The Kier molecular flexibility index (Phi) is 7.66. The zero-order valence-electron chi connectivity index (χ0n) is 15.2. The van der Waals surface area contributed by atoms with Gasteiger partial charge in [0.05, 0.1) is 7.11 Å². The quantitative estimate of drug-likeness (QED) is 0.345. The molecule has 0 aliphatic carbocycles. The summed E-state index contributed by atoms with van der Waals surface area (Å²) in [5, 5.41) is 3.48. The van der Waals surface area contributed by atoms with Crippen molar-refractivity contribution < 1.29 is 4.74 Å². The van der Waals surface area contributed by atoms with Crippen LogP contribution in [0.2, 0.25) is 0 Å². The lowest BCUT2D eigenvalue weighted by Gasteiger charge is -2.29. The molecule has 1 rings (SSSR count). The van der Waals surface area contributed by atoms with Crippen molar-refractivity contribution in [3.63, 3.8) is 0 Å². The molecular formula is C19H31N3O. The van der Waals surface area contributed by atoms with Crippen LogP contribution in [0.5, 0.6) is 5.75 Å². The molecule has 0 aromatic heterocycles. The van der Waals surface area contributed by atoms with Crippen molar-refractivity contribution in [2.75, 3.05) is 34.3 Å². The van der Waals surface area contributed by atoms with Crippen LogP contribution < -0.4 is 10.1 Å². The van der Waals surface area contributed by atoms with Gasteiger partial charge in [-0.1, -0.05) is 32.1 Å². The fraction of sp³-hybridized carbons (Fsp3) is 0.526. The molecule has 0 heterocycles. The standard InChI is InChI=1S/C19H31N3O/c1-7-8-9-14-22(5)18(20-4)21-15-19(2,3)16-10-12-17(23-6)13-11-16/h7,10-13H,1,8-9,14-15H2,2-6H3,(H,20,21). The lowest BCUT2D eigenvalue weighted by atomic mass is 9.84. The summed E-state index contributed by atoms with van der Waals surface area (Å²) in [6, 6.07) is 8.26. The first-order valence-corrected chi connectivity index (χ1v) is 8.12. The third-order valence-corrected chi connectivity index (χ3v) is 4.04. The minimum Gasteiger partial charge on any atom is -0.497 e. The molecule has 0 bridgehead atoms. The number of allylic oxidation sites excluding steroid dienone is 1. The highest BCUT2D eigenvalue weighted by molar-refractivity contribution is 5.79. The van der Waals surface area contributed by atoms with Crippen molar-refractivity contribution in [3.05, 3.63) is 42.5 Å². The van der Waals surface area contributed by atoms with Crippen LogP contribution in [-0.2, 0) is 5.41 Å². The number of benzene rings is 1. The fourth-order valence-corrected chi connectivity index (χ4v) is 2.41. The first kappa shape index (κ1) is 19.1. The van der Waals surface area contributed by atoms with E-state index in [2.05, 4.69) is 54.8 Å². The van der Waals surface area contributed by atoms with Crippen molar-refractivity contribution in [3.8, 4) is 5.75 Å². The number of guanidine groups is 1. The smallest absolute Gasteiger partial charge is 0.193 e. The first-order valence-electron chi connectivity index (χ1n) is 8.12. The normalized spacial score (nSPS) is 12.0. The molecule has 0 unspecified atom stereocenters. The predicted molar refractivity (Wildman–Crippen MR) is 99.4 cm³/mol. The molecule has 0 fully saturated rings. The van der Waals surface area contributed by atoms with E-state index in [1.165, 1.54) is 5.56 Å². The highest BCUT2D eigenvalue weighted by atomic mass is 16.5. The van der Waals surface area contributed by atoms with E-state index in [0.29, 0.717) is 0 Å². The highest BCUT2D eigenvalue weighted by Gasteiger charge is 2.21. The van der Waals surface area contributed by atoms with E-state index in [0.717, 1.165) is 37.6 Å². The maximum atomic E-state index is 5.23. The summed E-state index contributed by atoms with van der Waals surface area (Å²) in [6.45, 7) is 10.0. The number of rotatable bonds is 8. The molecule has 0 aliphatic rings. The topological polar surface area (TPSA) is 36.9 Å². The van der Waals surface area contributed by atoms with Crippen LogP contribution in [0.3, 0.4) is 0 Å². The molecule has 128 valence electrons. The van der Waals surface area contributed by atoms with Gasteiger partial charge in [-0.3, -0.25) is 4.99 Å². The van der Waals surface area contributed by atoms with Crippen LogP contribution in [0, 0.1) is 0 Å². The van der Waals surface area contributed by atoms with Crippen molar-refractivity contribution in [1.82, 2.24) is 10.2 Å². The molecular weight excluding hydrogens is 286 g/mol. The van der Waals surface area contributed by atoms with Crippen LogP contribution >= 0.6 is 0 Å². The summed E-state index contributed by atoms with van der Waals surface area (Å²) in [5.74, 6) is 1.81. The Morgan fingerprint density at radius 3 is 2.52 bits per heavy atom. The summed E-state index contributed by atoms with van der Waals surface area (Å²) < 4.78 is 5.23. The van der Waals surface area contributed by atoms with Crippen LogP contribution in [0.15, 0.2) is 41.9 Å². The summed E-state index contributed by atoms with van der Waals surface area (Å²) in [6.07, 6.45) is 4.07. The molecule has 1 aromatic rings. The van der Waals surface area contributed by atoms with Crippen LogP contribution in [0.1, 0.15) is 32.3 Å². The SMILES string of the molecule is C=CCCCN(C)C(=NC)NCC(C)(C)c1ccc(OC)cc1. The largest absolute Gasteiger partial charge is 0.497 e. The van der Waals surface area contributed by atoms with E-state index in [1.807, 2.05) is 25.3 Å². The van der Waals surface area contributed by atoms with Gasteiger partial charge < -0.3 is 15.0 Å². The van der Waals surface area contributed by atoms with Gasteiger partial charge in [0.1, 0.15) is 5.75 Å². The summed E-state index contributed by atoms with van der Waals surface area (Å²) in [4.78, 5) is 6.54. The number of methoxy groups -OCH3 is 1. The van der Waals surface area contributed by atoms with Gasteiger partial charge in [0.15, 0.2) is 5.96 Å². The van der Waals surface area contributed by atoms with E-state index >= 15 is 0 Å². The monoisotopic (exact) mass is 317 g/mol. The zero-order valence-corrected chi connectivity index (χ0v) is 15.2. The average molecular weight is 317 g/mol. The average Bonchev–Trinajstić information content (AvgIpc) is 2.55. The maximum Gasteiger partial charge on any atom is 0.193 e. The second-order valence-corrected chi connectivity index (χ2v) is 6.37. The van der Waals surface area contributed by atoms with Gasteiger partial charge in [-0.25, -0.2) is 0 Å². The number of hydrogen-bond donors (Lipinski definition) is 1. The van der Waals surface area contributed by atoms with E-state index in [4.69, 9.17) is 4.74 Å². The van der Waals surface area contributed by atoms with Crippen LogP contribution in [0.25, 0.3) is 0 Å². The number of nitrogens with zero attached hydrogens (tertiary/aromatic N) is 2. The highest BCUT2D eigenvalue weighted by Crippen LogP contribution is 2.24. The van der Waals surface area contributed by atoms with E-state index in [1.54, 1.807) is 7.11 Å². The Balaban J connectivity index is 2.63. The predicted octanol–water partition coefficient (Wildman–Crippen LogP) is 3.45. The molecule has 0 amide bonds. The van der Waals surface area contributed by atoms with Gasteiger partial charge in [0.25, 0.3) is 0 Å². The van der Waals surface area contributed by atoms with Gasteiger partial charge in [-0.2, -0.15) is 0 Å². The first-order chi connectivity index (χ1) is 10.9. The second-order valence-electron chi connectivity index (χ2n) is 6.37. The molecule has 0 saturated carbocycles. The molecule has 23 heavy (non-hydrogen) atoms. The molecule has 0 aliphatic heterocycles. The number of nitrogens with one attached hydrogen (secondary N) is 1. The number of unbranched alkanes of at least 4 members (excludes halogenated alkanes) is 1. The Morgan fingerprint density at radius 2 is 2.00 bits per heavy atom. The number of ether oxygens (including phenoxy) is 1. The minimum atomic E-state index is 0.00413. The van der Waals surface area contributed by atoms with Crippen LogP contribution in [-0.4, -0.2) is 45.2 Å². The Bertz CT molecular complexity index is 506. The van der Waals surface area contributed by atoms with Crippen molar-refractivity contribution in [1.29, 1.82) is 0 Å². The van der Waals surface area contributed by atoms with Crippen molar-refractivity contribution in [2.24, 2.45) is 4.99 Å². The molecule has 0 saturated heterocycles. The van der Waals surface area contributed by atoms with E-state index < -0.39 is 0 Å². The Hall–Kier alpha value is -1.97. The van der Waals surface area contributed by atoms with Gasteiger partial charge in [0.2, 0.25) is 0 Å². The van der Waals surface area contributed by atoms with Gasteiger partial charge in [-0.15, -0.1) is 6.58 Å². The van der Waals surface area contributed by atoms with Gasteiger partial charge in [0, 0.05) is 32.6 Å². The molecule has 0 atom stereocenters. The second kappa shape index (κ2) is 9.23. The lowest BCUT2D eigenvalue weighted by Crippen LogP contribution is -2.44. The third-order valence-electron chi connectivity index (χ3n) is 4.04.